The third-order valence-corrected chi connectivity index (χ3v) is 4.10. The number of carboxylic acid groups (broad SMARTS) is 1. The molecule has 124 valence electrons. The average Bonchev–Trinajstić information content (AvgIpc) is 3.23. The summed E-state index contributed by atoms with van der Waals surface area (Å²) in [5, 5.41) is 14.7. The van der Waals surface area contributed by atoms with E-state index in [1.807, 2.05) is 31.2 Å². The molecule has 4 aromatic rings. The fraction of sp³-hybridized carbons (Fsp3) is 0.105. The van der Waals surface area contributed by atoms with Crippen LogP contribution in [0.25, 0.3) is 28.2 Å². The first-order valence-electron chi connectivity index (χ1n) is 7.79. The Labute approximate surface area is 143 Å². The van der Waals surface area contributed by atoms with Crippen LogP contribution in [0.3, 0.4) is 0 Å². The Bertz CT molecular complexity index is 1080. The minimum atomic E-state index is -1.02. The van der Waals surface area contributed by atoms with Gasteiger partial charge < -0.3 is 9.52 Å². The van der Waals surface area contributed by atoms with Crippen LogP contribution in [0, 0.1) is 13.8 Å². The normalized spacial score (nSPS) is 11.1. The molecule has 6 nitrogen and oxygen atoms in total. The molecule has 0 radical (unpaired) electrons. The molecule has 3 heterocycles. The van der Waals surface area contributed by atoms with Crippen LogP contribution >= 0.6 is 0 Å². The van der Waals surface area contributed by atoms with Crippen LogP contribution in [0.5, 0.6) is 0 Å². The molecular weight excluding hydrogens is 318 g/mol. The van der Waals surface area contributed by atoms with E-state index in [2.05, 4.69) is 10.1 Å². The van der Waals surface area contributed by atoms with E-state index in [1.54, 1.807) is 23.7 Å². The SMILES string of the molecule is Cc1ccc(-n2nc(C)c3c(C(=O)O)cc(-c4ccco4)nc32)cc1. The van der Waals surface area contributed by atoms with Crippen molar-refractivity contribution in [2.75, 3.05) is 0 Å². The number of hydrogen-bond donors (Lipinski definition) is 1. The maximum atomic E-state index is 11.8. The van der Waals surface area contributed by atoms with Gasteiger partial charge in [-0.1, -0.05) is 17.7 Å². The zero-order chi connectivity index (χ0) is 17.6. The van der Waals surface area contributed by atoms with E-state index < -0.39 is 5.97 Å². The summed E-state index contributed by atoms with van der Waals surface area (Å²) in [6.45, 7) is 3.79. The molecular formula is C19H15N3O3. The van der Waals surface area contributed by atoms with Crippen LogP contribution in [0.1, 0.15) is 21.6 Å². The van der Waals surface area contributed by atoms with Gasteiger partial charge in [-0.3, -0.25) is 0 Å². The van der Waals surface area contributed by atoms with Crippen molar-refractivity contribution in [1.29, 1.82) is 0 Å². The number of carboxylic acids is 1. The lowest BCUT2D eigenvalue weighted by atomic mass is 10.1. The van der Waals surface area contributed by atoms with E-state index in [9.17, 15) is 9.90 Å². The molecule has 0 aliphatic rings. The number of aromatic carboxylic acids is 1. The predicted molar refractivity (Wildman–Crippen MR) is 93.0 cm³/mol. The fourth-order valence-electron chi connectivity index (χ4n) is 2.87. The maximum absolute atomic E-state index is 11.8. The van der Waals surface area contributed by atoms with Crippen molar-refractivity contribution in [2.24, 2.45) is 0 Å². The van der Waals surface area contributed by atoms with Crippen molar-refractivity contribution in [2.45, 2.75) is 13.8 Å². The summed E-state index contributed by atoms with van der Waals surface area (Å²) in [7, 11) is 0. The van der Waals surface area contributed by atoms with Crippen LogP contribution < -0.4 is 0 Å². The first kappa shape index (κ1) is 15.1. The lowest BCUT2D eigenvalue weighted by molar-refractivity contribution is 0.0699. The van der Waals surface area contributed by atoms with E-state index >= 15 is 0 Å². The zero-order valence-electron chi connectivity index (χ0n) is 13.7. The van der Waals surface area contributed by atoms with Gasteiger partial charge in [-0.05, 0) is 44.2 Å². The molecule has 0 atom stereocenters. The summed E-state index contributed by atoms with van der Waals surface area (Å²) in [5.41, 5.74) is 3.69. The molecule has 0 saturated heterocycles. The summed E-state index contributed by atoms with van der Waals surface area (Å²) < 4.78 is 7.06. The second kappa shape index (κ2) is 5.59. The van der Waals surface area contributed by atoms with Gasteiger partial charge in [-0.15, -0.1) is 0 Å². The maximum Gasteiger partial charge on any atom is 0.336 e. The van der Waals surface area contributed by atoms with Crippen LogP contribution in [0.15, 0.2) is 53.1 Å². The molecule has 3 aromatic heterocycles. The lowest BCUT2D eigenvalue weighted by Crippen LogP contribution is -2.02. The number of fused-ring (bicyclic) bond motifs is 1. The highest BCUT2D eigenvalue weighted by molar-refractivity contribution is 6.04. The molecule has 4 rings (SSSR count). The van der Waals surface area contributed by atoms with E-state index in [0.717, 1.165) is 11.3 Å². The number of furan rings is 1. The molecule has 6 heteroatoms. The van der Waals surface area contributed by atoms with Crippen molar-refractivity contribution < 1.29 is 14.3 Å². The highest BCUT2D eigenvalue weighted by Crippen LogP contribution is 2.29. The quantitative estimate of drug-likeness (QED) is 0.613. The predicted octanol–water partition coefficient (Wildman–Crippen LogP) is 4.00. The molecule has 0 saturated carbocycles. The number of pyridine rings is 1. The standard InChI is InChI=1S/C19H15N3O3/c1-11-5-7-13(8-6-11)22-18-17(12(2)21-22)14(19(23)24)10-15(20-18)16-4-3-9-25-16/h3-10H,1-2H3,(H,23,24). The molecule has 1 N–H and O–H groups in total. The monoisotopic (exact) mass is 333 g/mol. The van der Waals surface area contributed by atoms with Crippen LogP contribution in [0.4, 0.5) is 0 Å². The van der Waals surface area contributed by atoms with Gasteiger partial charge in [0.2, 0.25) is 0 Å². The molecule has 25 heavy (non-hydrogen) atoms. The molecule has 0 amide bonds. The Morgan fingerprint density at radius 2 is 1.92 bits per heavy atom. The lowest BCUT2D eigenvalue weighted by Gasteiger charge is -2.06. The Morgan fingerprint density at radius 1 is 1.16 bits per heavy atom. The minimum absolute atomic E-state index is 0.160. The van der Waals surface area contributed by atoms with Crippen LogP contribution in [0.2, 0.25) is 0 Å². The van der Waals surface area contributed by atoms with Gasteiger partial charge in [0.05, 0.1) is 28.6 Å². The second-order valence-corrected chi connectivity index (χ2v) is 5.87. The summed E-state index contributed by atoms with van der Waals surface area (Å²) in [6.07, 6.45) is 1.53. The first-order valence-corrected chi connectivity index (χ1v) is 7.79. The molecule has 0 unspecified atom stereocenters. The third-order valence-electron chi connectivity index (χ3n) is 4.10. The topological polar surface area (TPSA) is 81.2 Å². The van der Waals surface area contributed by atoms with E-state index in [0.29, 0.717) is 28.2 Å². The van der Waals surface area contributed by atoms with Crippen molar-refractivity contribution >= 4 is 17.0 Å². The largest absolute Gasteiger partial charge is 0.478 e. The Balaban J connectivity index is 2.05. The summed E-state index contributed by atoms with van der Waals surface area (Å²) in [4.78, 5) is 16.4. The summed E-state index contributed by atoms with van der Waals surface area (Å²) in [6, 6.07) is 12.8. The Hall–Kier alpha value is -3.41. The Morgan fingerprint density at radius 3 is 2.56 bits per heavy atom. The van der Waals surface area contributed by atoms with E-state index in [1.165, 1.54) is 12.3 Å². The molecule has 1 aromatic carbocycles. The van der Waals surface area contributed by atoms with Gasteiger partial charge in [0.25, 0.3) is 0 Å². The zero-order valence-corrected chi connectivity index (χ0v) is 13.7. The summed E-state index contributed by atoms with van der Waals surface area (Å²) in [5.74, 6) is -0.509. The van der Waals surface area contributed by atoms with Gasteiger partial charge in [0, 0.05) is 0 Å². The first-order chi connectivity index (χ1) is 12.0. The van der Waals surface area contributed by atoms with Gasteiger partial charge in [-0.25, -0.2) is 14.5 Å². The highest BCUT2D eigenvalue weighted by atomic mass is 16.4. The number of rotatable bonds is 3. The molecule has 0 fully saturated rings. The molecule has 0 spiro atoms. The van der Waals surface area contributed by atoms with Crippen LogP contribution in [-0.2, 0) is 0 Å². The van der Waals surface area contributed by atoms with Gasteiger partial charge in [-0.2, -0.15) is 5.10 Å². The van der Waals surface area contributed by atoms with Gasteiger partial charge >= 0.3 is 5.97 Å². The van der Waals surface area contributed by atoms with E-state index in [4.69, 9.17) is 4.42 Å². The smallest absolute Gasteiger partial charge is 0.336 e. The van der Waals surface area contributed by atoms with Crippen molar-refractivity contribution in [1.82, 2.24) is 14.8 Å². The van der Waals surface area contributed by atoms with E-state index in [-0.39, 0.29) is 5.56 Å². The van der Waals surface area contributed by atoms with Crippen LogP contribution in [-0.4, -0.2) is 25.8 Å². The number of carbonyl (C=O) groups is 1. The van der Waals surface area contributed by atoms with Gasteiger partial charge in [0.15, 0.2) is 11.4 Å². The summed E-state index contributed by atoms with van der Waals surface area (Å²) >= 11 is 0. The minimum Gasteiger partial charge on any atom is -0.478 e. The fourth-order valence-corrected chi connectivity index (χ4v) is 2.87. The number of hydrogen-bond acceptors (Lipinski definition) is 4. The second-order valence-electron chi connectivity index (χ2n) is 5.87. The van der Waals surface area contributed by atoms with Gasteiger partial charge in [0.1, 0.15) is 5.69 Å². The van der Waals surface area contributed by atoms with Crippen molar-refractivity contribution in [3.8, 4) is 17.1 Å². The molecule has 0 aliphatic heterocycles. The number of aromatic nitrogens is 3. The highest BCUT2D eigenvalue weighted by Gasteiger charge is 2.21. The van der Waals surface area contributed by atoms with Crippen molar-refractivity contribution in [3.05, 3.63) is 65.5 Å². The molecule has 0 aliphatic carbocycles. The molecule has 0 bridgehead atoms. The number of nitrogens with zero attached hydrogens (tertiary/aromatic N) is 3. The number of aryl methyl sites for hydroxylation is 2. The number of benzene rings is 1. The van der Waals surface area contributed by atoms with Crippen molar-refractivity contribution in [3.63, 3.8) is 0 Å². The third kappa shape index (κ3) is 2.48. The average molecular weight is 333 g/mol. The Kier molecular flexibility index (Phi) is 3.39.